The number of fused-ring (bicyclic) bond motifs is 1. The first-order chi connectivity index (χ1) is 36.9. The second-order valence-corrected chi connectivity index (χ2v) is 21.9. The number of Topliss-reactive ketones (excluding diaryl/α,β-unsaturated/α-hetero) is 1. The number of unbranched alkanes of at least 4 members (excludes halogenated alkanes) is 3. The summed E-state index contributed by atoms with van der Waals surface area (Å²) < 4.78 is 7.78. The third-order valence-electron chi connectivity index (χ3n) is 16.0. The largest absolute Gasteiger partial charge is 0.494 e. The number of aryl methyl sites for hydroxylation is 1. The molecule has 0 radical (unpaired) electrons. The Hall–Kier alpha value is -6.60. The van der Waals surface area contributed by atoms with Gasteiger partial charge in [0.25, 0.3) is 5.56 Å². The zero-order valence-corrected chi connectivity index (χ0v) is 45.3. The van der Waals surface area contributed by atoms with E-state index in [1.807, 2.05) is 34.1 Å². The van der Waals surface area contributed by atoms with Gasteiger partial charge in [0.1, 0.15) is 34.0 Å². The van der Waals surface area contributed by atoms with Crippen LogP contribution in [0.5, 0.6) is 5.75 Å². The van der Waals surface area contributed by atoms with Gasteiger partial charge in [0.2, 0.25) is 29.5 Å². The summed E-state index contributed by atoms with van der Waals surface area (Å²) in [5.74, 6) is 1.07. The molecule has 6 heterocycles. The van der Waals surface area contributed by atoms with Gasteiger partial charge in [-0.15, -0.1) is 11.3 Å². The lowest BCUT2D eigenvalue weighted by Crippen LogP contribution is -2.55. The van der Waals surface area contributed by atoms with Crippen LogP contribution in [0.15, 0.2) is 59.0 Å². The highest BCUT2D eigenvalue weighted by atomic mass is 32.1. The number of thiazole rings is 1. The molecule has 2 saturated carbocycles. The van der Waals surface area contributed by atoms with Crippen LogP contribution in [0.25, 0.3) is 11.0 Å². The first-order valence-corrected chi connectivity index (χ1v) is 28.5. The molecule has 3 atom stereocenters. The molecule has 2 saturated heterocycles. The minimum absolute atomic E-state index is 0.00799. The van der Waals surface area contributed by atoms with Crippen LogP contribution in [-0.4, -0.2) is 122 Å². The number of likely N-dealkylation sites (N-methyl/N-ethyl adjacent to an activating group) is 1. The number of aromatic nitrogens is 5. The first kappa shape index (κ1) is 54.2. The number of likely N-dealkylation sites (tertiary alicyclic amines) is 1. The second-order valence-electron chi connectivity index (χ2n) is 21.0. The molecule has 18 nitrogen and oxygen atoms in total. The van der Waals surface area contributed by atoms with Crippen molar-refractivity contribution in [3.05, 3.63) is 91.9 Å². The maximum atomic E-state index is 14.2. The van der Waals surface area contributed by atoms with Crippen molar-refractivity contribution < 1.29 is 28.7 Å². The minimum Gasteiger partial charge on any atom is -0.494 e. The molecule has 9 rings (SSSR count). The van der Waals surface area contributed by atoms with E-state index in [0.29, 0.717) is 91.1 Å². The van der Waals surface area contributed by atoms with E-state index < -0.39 is 12.1 Å². The molecule has 4 aromatic heterocycles. The molecule has 76 heavy (non-hydrogen) atoms. The van der Waals surface area contributed by atoms with Crippen LogP contribution in [0.4, 0.5) is 17.5 Å². The SMILES string of the molecule is CNC(C)C(=O)NC(C(=O)N1CCC[C@H]1c1nc(C(=O)c2cccc(OCCCCCCC(=O)N3CCN(c4ccc(Nc5ncc6c(C)c(C(C)=O)c(=O)n(C7CCCC7)c6n5)nc4)CC3)c2)cs1)C1CCCCC1. The molecule has 2 unspecified atom stereocenters. The van der Waals surface area contributed by atoms with E-state index in [0.717, 1.165) is 107 Å². The number of hydrogen-bond donors (Lipinski definition) is 3. The van der Waals surface area contributed by atoms with E-state index in [-0.39, 0.29) is 58.4 Å². The fourth-order valence-electron chi connectivity index (χ4n) is 11.5. The van der Waals surface area contributed by atoms with Crippen molar-refractivity contribution in [3.63, 3.8) is 0 Å². The molecule has 0 bridgehead atoms. The van der Waals surface area contributed by atoms with Gasteiger partial charge in [-0.2, -0.15) is 4.98 Å². The molecule has 3 N–H and O–H groups in total. The van der Waals surface area contributed by atoms with E-state index in [9.17, 15) is 28.8 Å². The van der Waals surface area contributed by atoms with E-state index in [1.165, 1.54) is 18.3 Å². The first-order valence-electron chi connectivity index (χ1n) is 27.6. The van der Waals surface area contributed by atoms with Crippen molar-refractivity contribution in [1.29, 1.82) is 0 Å². The summed E-state index contributed by atoms with van der Waals surface area (Å²) in [5, 5.41) is 12.5. The number of nitrogens with one attached hydrogen (secondary N) is 3. The van der Waals surface area contributed by atoms with Crippen molar-refractivity contribution in [2.24, 2.45) is 5.92 Å². The molecule has 404 valence electrons. The fraction of sp³-hybridized carbons (Fsp3) is 0.544. The van der Waals surface area contributed by atoms with E-state index in [4.69, 9.17) is 14.7 Å². The number of anilines is 3. The van der Waals surface area contributed by atoms with Crippen LogP contribution in [0.3, 0.4) is 0 Å². The monoisotopic (exact) mass is 1060 g/mol. The van der Waals surface area contributed by atoms with Crippen molar-refractivity contribution in [2.45, 2.75) is 148 Å². The van der Waals surface area contributed by atoms with Crippen LogP contribution in [0, 0.1) is 12.8 Å². The van der Waals surface area contributed by atoms with E-state index in [1.54, 1.807) is 55.4 Å². The van der Waals surface area contributed by atoms with Crippen molar-refractivity contribution in [3.8, 4) is 5.75 Å². The summed E-state index contributed by atoms with van der Waals surface area (Å²) in [5.41, 5.74) is 2.83. The molecule has 1 aromatic carbocycles. The molecular weight excluding hydrogens is 983 g/mol. The number of ketones is 2. The van der Waals surface area contributed by atoms with Crippen LogP contribution >= 0.6 is 11.3 Å². The quantitative estimate of drug-likeness (QED) is 0.0466. The summed E-state index contributed by atoms with van der Waals surface area (Å²) in [7, 11) is 1.74. The van der Waals surface area contributed by atoms with Gasteiger partial charge >= 0.3 is 0 Å². The number of pyridine rings is 2. The zero-order valence-electron chi connectivity index (χ0n) is 44.5. The number of carbonyl (C=O) groups excluding carboxylic acids is 5. The number of amides is 3. The summed E-state index contributed by atoms with van der Waals surface area (Å²) in [6, 6.07) is 9.81. The standard InChI is InChI=1S/C57H73N11O7S/c1-36-44-34-60-57(64-52(44)68(41-19-11-12-20-41)55(73)49(36)38(3)69)62-47-25-24-42(33-59-47)65-27-29-66(30-28-65)48(70)23-10-5-6-13-31-75-43-21-14-18-40(32-43)51(71)45-35-76-54(61-45)46-22-15-26-67(46)56(74)50(39-16-8-7-9-17-39)63-53(72)37(2)58-4/h14,18,21,24-25,32-35,37,39,41,46,50,58H,5-13,15-17,19-20,22-23,26-31H2,1-4H3,(H,63,72)(H,59,60,62,64)/t37?,46-,50?/m0/s1. The highest BCUT2D eigenvalue weighted by molar-refractivity contribution is 7.10. The van der Waals surface area contributed by atoms with Crippen molar-refractivity contribution >= 4 is 69.1 Å². The van der Waals surface area contributed by atoms with Crippen molar-refractivity contribution in [2.75, 3.05) is 56.6 Å². The van der Waals surface area contributed by atoms with Crippen molar-refractivity contribution in [1.82, 2.24) is 44.9 Å². The van der Waals surface area contributed by atoms with Crippen LogP contribution < -0.4 is 31.1 Å². The Morgan fingerprint density at radius 2 is 1.61 bits per heavy atom. The topological polar surface area (TPSA) is 214 Å². The van der Waals surface area contributed by atoms with Gasteiger partial charge in [0, 0.05) is 67.7 Å². The number of benzene rings is 1. The number of nitrogens with zero attached hydrogens (tertiary/aromatic N) is 8. The predicted octanol–water partition coefficient (Wildman–Crippen LogP) is 8.26. The number of piperazine rings is 1. The molecule has 19 heteroatoms. The Kier molecular flexibility index (Phi) is 17.9. The highest BCUT2D eigenvalue weighted by Gasteiger charge is 2.40. The molecule has 5 aromatic rings. The number of hydrogen-bond acceptors (Lipinski definition) is 15. The Balaban J connectivity index is 0.689. The molecular formula is C57H73N11O7S. The Bertz CT molecular complexity index is 2940. The third-order valence-corrected chi connectivity index (χ3v) is 16.9. The van der Waals surface area contributed by atoms with Gasteiger partial charge in [0.05, 0.1) is 36.1 Å². The Labute approximate surface area is 448 Å². The third kappa shape index (κ3) is 12.5. The fourth-order valence-corrected chi connectivity index (χ4v) is 12.5. The maximum Gasteiger partial charge on any atom is 0.263 e. The summed E-state index contributed by atoms with van der Waals surface area (Å²) in [6.07, 6.45) is 17.9. The molecule has 0 spiro atoms. The Morgan fingerprint density at radius 1 is 0.842 bits per heavy atom. The van der Waals surface area contributed by atoms with Gasteiger partial charge in [-0.25, -0.2) is 15.0 Å². The van der Waals surface area contributed by atoms with Crippen LogP contribution in [0.1, 0.15) is 166 Å². The van der Waals surface area contributed by atoms with E-state index >= 15 is 0 Å². The normalized spacial score (nSPS) is 18.2. The zero-order chi connectivity index (χ0) is 53.3. The van der Waals surface area contributed by atoms with Gasteiger partial charge in [0.15, 0.2) is 5.78 Å². The summed E-state index contributed by atoms with van der Waals surface area (Å²) in [6.45, 7) is 8.76. The molecule has 2 aliphatic carbocycles. The number of ether oxygens (including phenoxy) is 1. The highest BCUT2D eigenvalue weighted by Crippen LogP contribution is 2.37. The lowest BCUT2D eigenvalue weighted by Gasteiger charge is -2.36. The summed E-state index contributed by atoms with van der Waals surface area (Å²) in [4.78, 5) is 105. The second kappa shape index (κ2) is 25.0. The molecule has 4 aliphatic rings. The van der Waals surface area contributed by atoms with E-state index in [2.05, 4.69) is 30.8 Å². The van der Waals surface area contributed by atoms with Gasteiger partial charge in [-0.1, -0.05) is 57.1 Å². The number of rotatable bonds is 21. The van der Waals surface area contributed by atoms with Gasteiger partial charge in [-0.3, -0.25) is 33.3 Å². The summed E-state index contributed by atoms with van der Waals surface area (Å²) >= 11 is 1.40. The molecule has 4 fully saturated rings. The number of carbonyl (C=O) groups is 5. The van der Waals surface area contributed by atoms with Gasteiger partial charge < -0.3 is 35.4 Å². The predicted molar refractivity (Wildman–Crippen MR) is 294 cm³/mol. The van der Waals surface area contributed by atoms with Crippen LogP contribution in [-0.2, 0) is 14.4 Å². The average molecular weight is 1060 g/mol. The smallest absolute Gasteiger partial charge is 0.263 e. The Morgan fingerprint density at radius 3 is 2.34 bits per heavy atom. The molecule has 3 amide bonds. The maximum absolute atomic E-state index is 14.2. The average Bonchev–Trinajstić information content (AvgIpc) is 4.30. The minimum atomic E-state index is -0.581. The lowest BCUT2D eigenvalue weighted by molar-refractivity contribution is -0.139. The lowest BCUT2D eigenvalue weighted by atomic mass is 9.83. The van der Waals surface area contributed by atoms with Crippen LogP contribution in [0.2, 0.25) is 0 Å². The van der Waals surface area contributed by atoms with Gasteiger partial charge in [-0.05, 0) is 115 Å². The molecule has 2 aliphatic heterocycles.